The summed E-state index contributed by atoms with van der Waals surface area (Å²) in [6.45, 7) is 0.541. The molecule has 1 saturated heterocycles. The van der Waals surface area contributed by atoms with E-state index in [1.807, 2.05) is 0 Å². The van der Waals surface area contributed by atoms with Gasteiger partial charge in [-0.15, -0.1) is 0 Å². The van der Waals surface area contributed by atoms with Gasteiger partial charge in [-0.05, 0) is 51.9 Å². The van der Waals surface area contributed by atoms with E-state index in [9.17, 15) is 13.6 Å². The number of alkyl halides is 2. The first-order valence-electron chi connectivity index (χ1n) is 7.89. The first-order chi connectivity index (χ1) is 10.9. The molecule has 1 fully saturated rings. The number of para-hydroxylation sites is 1. The molecule has 1 aromatic carbocycles. The molecule has 0 bridgehead atoms. The van der Waals surface area contributed by atoms with Gasteiger partial charge in [0.25, 0.3) is 5.91 Å². The van der Waals surface area contributed by atoms with Crippen molar-refractivity contribution in [3.05, 3.63) is 29.8 Å². The maximum absolute atomic E-state index is 12.6. The highest BCUT2D eigenvalue weighted by molar-refractivity contribution is 5.97. The number of nitrogens with zero attached hydrogens (tertiary/aromatic N) is 2. The van der Waals surface area contributed by atoms with Crippen LogP contribution in [-0.4, -0.2) is 55.5 Å². The molecule has 6 heteroatoms. The fourth-order valence-corrected chi connectivity index (χ4v) is 3.02. The number of hydrogen-bond donors (Lipinski definition) is 0. The largest absolute Gasteiger partial charge is 0.434 e. The van der Waals surface area contributed by atoms with Crippen LogP contribution in [-0.2, 0) is 0 Å². The summed E-state index contributed by atoms with van der Waals surface area (Å²) < 4.78 is 29.4. The quantitative estimate of drug-likeness (QED) is 0.833. The summed E-state index contributed by atoms with van der Waals surface area (Å²) in [7, 11) is 4.11. The molecule has 0 spiro atoms. The maximum Gasteiger partial charge on any atom is 0.387 e. The average Bonchev–Trinajstić information content (AvgIpc) is 2.53. The molecular weight excluding hydrogens is 302 g/mol. The number of halogens is 2. The molecule has 0 aromatic heterocycles. The van der Waals surface area contributed by atoms with Gasteiger partial charge in [-0.1, -0.05) is 12.1 Å². The summed E-state index contributed by atoms with van der Waals surface area (Å²) >= 11 is 0. The van der Waals surface area contributed by atoms with Gasteiger partial charge in [0.1, 0.15) is 5.75 Å². The standard InChI is InChI=1S/C17H24F2N2O2/c1-12(20(2)3)13-8-10-21(11-9-13)16(22)14-6-4-5-7-15(14)23-17(18)19/h4-7,12-13,17H,8-11H2,1-3H3/t12-/m0/s1. The zero-order valence-electron chi connectivity index (χ0n) is 13.8. The Labute approximate surface area is 136 Å². The summed E-state index contributed by atoms with van der Waals surface area (Å²) in [5.74, 6) is 0.245. The Morgan fingerprint density at radius 3 is 2.43 bits per heavy atom. The van der Waals surface area contributed by atoms with Crippen LogP contribution in [0.1, 0.15) is 30.1 Å². The molecule has 0 aliphatic carbocycles. The van der Waals surface area contributed by atoms with Crippen molar-refractivity contribution in [3.63, 3.8) is 0 Å². The van der Waals surface area contributed by atoms with Crippen LogP contribution < -0.4 is 4.74 Å². The van der Waals surface area contributed by atoms with Crippen LogP contribution in [0.3, 0.4) is 0 Å². The van der Waals surface area contributed by atoms with E-state index in [0.717, 1.165) is 12.8 Å². The van der Waals surface area contributed by atoms with Crippen LogP contribution in [0.5, 0.6) is 5.75 Å². The summed E-state index contributed by atoms with van der Waals surface area (Å²) in [5.41, 5.74) is 0.201. The molecule has 128 valence electrons. The number of benzene rings is 1. The highest BCUT2D eigenvalue weighted by Crippen LogP contribution is 2.27. The van der Waals surface area contributed by atoms with Gasteiger partial charge in [0, 0.05) is 19.1 Å². The van der Waals surface area contributed by atoms with E-state index in [2.05, 4.69) is 30.7 Å². The minimum absolute atomic E-state index is 0.0590. The first kappa shape index (κ1) is 17.7. The van der Waals surface area contributed by atoms with Gasteiger partial charge in [-0.25, -0.2) is 0 Å². The van der Waals surface area contributed by atoms with Crippen molar-refractivity contribution >= 4 is 5.91 Å². The number of hydrogen-bond acceptors (Lipinski definition) is 3. The van der Waals surface area contributed by atoms with Crippen molar-refractivity contribution in [2.45, 2.75) is 32.4 Å². The zero-order chi connectivity index (χ0) is 17.0. The lowest BCUT2D eigenvalue weighted by Crippen LogP contribution is -2.43. The fourth-order valence-electron chi connectivity index (χ4n) is 3.02. The van der Waals surface area contributed by atoms with Crippen molar-refractivity contribution in [3.8, 4) is 5.75 Å². The van der Waals surface area contributed by atoms with Gasteiger partial charge < -0.3 is 14.5 Å². The third-order valence-electron chi connectivity index (χ3n) is 4.66. The molecule has 4 nitrogen and oxygen atoms in total. The summed E-state index contributed by atoms with van der Waals surface area (Å²) in [5, 5.41) is 0. The second-order valence-electron chi connectivity index (χ2n) is 6.21. The number of rotatable bonds is 5. The SMILES string of the molecule is C[C@@H](C1CCN(C(=O)c2ccccc2OC(F)F)CC1)N(C)C. The predicted molar refractivity (Wildman–Crippen MR) is 84.9 cm³/mol. The van der Waals surface area contributed by atoms with Crippen molar-refractivity contribution in [2.75, 3.05) is 27.2 Å². The number of amides is 1. The molecule has 1 aliphatic rings. The molecule has 0 N–H and O–H groups in total. The number of piperidine rings is 1. The van der Waals surface area contributed by atoms with E-state index >= 15 is 0 Å². The molecular formula is C17H24F2N2O2. The maximum atomic E-state index is 12.6. The van der Waals surface area contributed by atoms with Crippen LogP contribution in [0.4, 0.5) is 8.78 Å². The van der Waals surface area contributed by atoms with Crippen molar-refractivity contribution in [1.29, 1.82) is 0 Å². The minimum Gasteiger partial charge on any atom is -0.434 e. The molecule has 1 heterocycles. The molecule has 23 heavy (non-hydrogen) atoms. The van der Waals surface area contributed by atoms with E-state index < -0.39 is 6.61 Å². The average molecular weight is 326 g/mol. The molecule has 1 aromatic rings. The van der Waals surface area contributed by atoms with E-state index in [-0.39, 0.29) is 17.2 Å². The van der Waals surface area contributed by atoms with E-state index in [0.29, 0.717) is 25.0 Å². The van der Waals surface area contributed by atoms with Crippen LogP contribution in [0.15, 0.2) is 24.3 Å². The van der Waals surface area contributed by atoms with E-state index in [1.165, 1.54) is 12.1 Å². The van der Waals surface area contributed by atoms with Gasteiger partial charge in [0.05, 0.1) is 5.56 Å². The normalized spacial score (nSPS) is 17.6. The number of likely N-dealkylation sites (tertiary alicyclic amines) is 1. The Morgan fingerprint density at radius 1 is 1.26 bits per heavy atom. The van der Waals surface area contributed by atoms with Crippen LogP contribution >= 0.6 is 0 Å². The van der Waals surface area contributed by atoms with E-state index in [4.69, 9.17) is 0 Å². The number of carbonyl (C=O) groups excluding carboxylic acids is 1. The second kappa shape index (κ2) is 7.73. The molecule has 0 saturated carbocycles. The Kier molecular flexibility index (Phi) is 5.93. The smallest absolute Gasteiger partial charge is 0.387 e. The van der Waals surface area contributed by atoms with Gasteiger partial charge >= 0.3 is 6.61 Å². The lowest BCUT2D eigenvalue weighted by molar-refractivity contribution is -0.0503. The van der Waals surface area contributed by atoms with Gasteiger partial charge in [-0.3, -0.25) is 4.79 Å². The molecule has 2 rings (SSSR count). The van der Waals surface area contributed by atoms with Gasteiger partial charge in [0.2, 0.25) is 0 Å². The minimum atomic E-state index is -2.93. The van der Waals surface area contributed by atoms with Gasteiger partial charge in [0.15, 0.2) is 0 Å². The molecule has 1 aliphatic heterocycles. The van der Waals surface area contributed by atoms with Crippen molar-refractivity contribution < 1.29 is 18.3 Å². The third kappa shape index (κ3) is 4.41. The fraction of sp³-hybridized carbons (Fsp3) is 0.588. The van der Waals surface area contributed by atoms with Crippen LogP contribution in [0.2, 0.25) is 0 Å². The molecule has 1 amide bonds. The highest BCUT2D eigenvalue weighted by Gasteiger charge is 2.29. The number of carbonyl (C=O) groups is 1. The Balaban J connectivity index is 2.03. The lowest BCUT2D eigenvalue weighted by atomic mass is 9.89. The molecule has 1 atom stereocenters. The third-order valence-corrected chi connectivity index (χ3v) is 4.66. The number of ether oxygens (including phenoxy) is 1. The Morgan fingerprint density at radius 2 is 1.87 bits per heavy atom. The topological polar surface area (TPSA) is 32.8 Å². The van der Waals surface area contributed by atoms with E-state index in [1.54, 1.807) is 17.0 Å². The second-order valence-corrected chi connectivity index (χ2v) is 6.21. The summed E-state index contributed by atoms with van der Waals surface area (Å²) in [6, 6.07) is 6.64. The lowest BCUT2D eigenvalue weighted by Gasteiger charge is -2.37. The van der Waals surface area contributed by atoms with Crippen molar-refractivity contribution in [2.24, 2.45) is 5.92 Å². The Bertz CT molecular complexity index is 529. The summed E-state index contributed by atoms with van der Waals surface area (Å²) in [4.78, 5) is 16.5. The Hall–Kier alpha value is -1.69. The predicted octanol–water partition coefficient (Wildman–Crippen LogP) is 3.09. The van der Waals surface area contributed by atoms with Crippen LogP contribution in [0.25, 0.3) is 0 Å². The highest BCUT2D eigenvalue weighted by atomic mass is 19.3. The van der Waals surface area contributed by atoms with Crippen LogP contribution in [0, 0.1) is 5.92 Å². The monoisotopic (exact) mass is 326 g/mol. The molecule has 0 unspecified atom stereocenters. The van der Waals surface area contributed by atoms with Crippen molar-refractivity contribution in [1.82, 2.24) is 9.80 Å². The van der Waals surface area contributed by atoms with Gasteiger partial charge in [-0.2, -0.15) is 8.78 Å². The molecule has 0 radical (unpaired) electrons. The first-order valence-corrected chi connectivity index (χ1v) is 7.89. The zero-order valence-corrected chi connectivity index (χ0v) is 13.8. The summed E-state index contributed by atoms with van der Waals surface area (Å²) in [6.07, 6.45) is 1.84.